The van der Waals surface area contributed by atoms with Crippen LogP contribution in [0.4, 0.5) is 5.69 Å². The Hall–Kier alpha value is -1.59. The molecule has 0 amide bonds. The van der Waals surface area contributed by atoms with Gasteiger partial charge in [0, 0.05) is 39.3 Å². The highest BCUT2D eigenvalue weighted by Crippen LogP contribution is 2.23. The molecule has 5 heteroatoms. The van der Waals surface area contributed by atoms with Gasteiger partial charge in [-0.2, -0.15) is 0 Å². The van der Waals surface area contributed by atoms with E-state index in [1.165, 1.54) is 0 Å². The summed E-state index contributed by atoms with van der Waals surface area (Å²) >= 11 is 0. The van der Waals surface area contributed by atoms with Gasteiger partial charge in [0.15, 0.2) is 0 Å². The lowest BCUT2D eigenvalue weighted by molar-refractivity contribution is 0.0697. The molecule has 0 aliphatic carbocycles. The Morgan fingerprint density at radius 3 is 2.48 bits per heavy atom. The topological polar surface area (TPSA) is 47.0 Å². The number of benzene rings is 1. The van der Waals surface area contributed by atoms with Crippen LogP contribution in [0.25, 0.3) is 0 Å². The summed E-state index contributed by atoms with van der Waals surface area (Å²) in [5.41, 5.74) is 2.25. The van der Waals surface area contributed by atoms with Crippen molar-refractivity contribution in [1.82, 2.24) is 9.80 Å². The number of carbonyl (C=O) groups is 1. The maximum Gasteiger partial charge on any atom is 0.337 e. The largest absolute Gasteiger partial charge is 0.478 e. The van der Waals surface area contributed by atoms with Gasteiger partial charge in [-0.1, -0.05) is 11.6 Å². The van der Waals surface area contributed by atoms with Gasteiger partial charge in [-0.15, -0.1) is 0 Å². The van der Waals surface area contributed by atoms with E-state index in [-0.39, 0.29) is 0 Å². The molecule has 0 radical (unpaired) electrons. The molecule has 1 heterocycles. The van der Waals surface area contributed by atoms with Gasteiger partial charge in [0.2, 0.25) is 0 Å². The molecule has 0 atom stereocenters. The minimum atomic E-state index is -0.844. The van der Waals surface area contributed by atoms with Crippen LogP contribution in [-0.4, -0.2) is 74.2 Å². The number of hydrogen-bond acceptors (Lipinski definition) is 4. The van der Waals surface area contributed by atoms with E-state index in [4.69, 9.17) is 0 Å². The van der Waals surface area contributed by atoms with Crippen molar-refractivity contribution in [3.8, 4) is 0 Å². The standard InChI is InChI=1S/C16H25N3O2/c1-13-4-5-15(14(12-13)16(20)21)19-10-8-18(9-11-19)7-6-17(2)3/h4-5,12H,6-11H2,1-3H3,(H,20,21). The average Bonchev–Trinajstić information content (AvgIpc) is 2.45. The lowest BCUT2D eigenvalue weighted by atomic mass is 10.1. The molecule has 1 aromatic rings. The molecule has 0 bridgehead atoms. The minimum absolute atomic E-state index is 0.414. The fourth-order valence-electron chi connectivity index (χ4n) is 2.65. The maximum absolute atomic E-state index is 11.4. The molecule has 21 heavy (non-hydrogen) atoms. The summed E-state index contributed by atoms with van der Waals surface area (Å²) < 4.78 is 0. The van der Waals surface area contributed by atoms with Gasteiger partial charge in [-0.3, -0.25) is 4.90 Å². The van der Waals surface area contributed by atoms with Crippen LogP contribution in [0.5, 0.6) is 0 Å². The molecular weight excluding hydrogens is 266 g/mol. The van der Waals surface area contributed by atoms with E-state index in [1.54, 1.807) is 6.07 Å². The van der Waals surface area contributed by atoms with Gasteiger partial charge in [0.05, 0.1) is 11.3 Å². The Morgan fingerprint density at radius 1 is 1.24 bits per heavy atom. The third-order valence-electron chi connectivity index (χ3n) is 3.96. The number of carboxylic acid groups (broad SMARTS) is 1. The third kappa shape index (κ3) is 4.19. The highest BCUT2D eigenvalue weighted by atomic mass is 16.4. The van der Waals surface area contributed by atoms with E-state index in [2.05, 4.69) is 28.8 Å². The molecule has 0 spiro atoms. The van der Waals surface area contributed by atoms with E-state index >= 15 is 0 Å². The van der Waals surface area contributed by atoms with E-state index in [0.717, 1.165) is 50.5 Å². The molecule has 2 rings (SSSR count). The molecule has 1 aromatic carbocycles. The third-order valence-corrected chi connectivity index (χ3v) is 3.96. The lowest BCUT2D eigenvalue weighted by Crippen LogP contribution is -2.48. The van der Waals surface area contributed by atoms with Crippen molar-refractivity contribution in [2.24, 2.45) is 0 Å². The van der Waals surface area contributed by atoms with Crippen LogP contribution >= 0.6 is 0 Å². The smallest absolute Gasteiger partial charge is 0.337 e. The summed E-state index contributed by atoms with van der Waals surface area (Å²) in [6, 6.07) is 5.69. The van der Waals surface area contributed by atoms with Crippen molar-refractivity contribution in [2.45, 2.75) is 6.92 Å². The number of rotatable bonds is 5. The Labute approximate surface area is 126 Å². The molecule has 5 nitrogen and oxygen atoms in total. The Balaban J connectivity index is 2.01. The molecule has 1 fully saturated rings. The molecule has 1 aliphatic rings. The first kappa shape index (κ1) is 15.8. The monoisotopic (exact) mass is 291 g/mol. The van der Waals surface area contributed by atoms with Gasteiger partial charge in [0.1, 0.15) is 0 Å². The van der Waals surface area contributed by atoms with Crippen LogP contribution in [0, 0.1) is 6.92 Å². The molecule has 0 unspecified atom stereocenters. The highest BCUT2D eigenvalue weighted by molar-refractivity contribution is 5.94. The zero-order valence-corrected chi connectivity index (χ0v) is 13.2. The van der Waals surface area contributed by atoms with Crippen molar-refractivity contribution in [3.63, 3.8) is 0 Å². The summed E-state index contributed by atoms with van der Waals surface area (Å²) in [6.45, 7) is 7.80. The second-order valence-electron chi connectivity index (χ2n) is 5.96. The molecular formula is C16H25N3O2. The Bertz CT molecular complexity index is 494. The molecule has 0 saturated carbocycles. The fourth-order valence-corrected chi connectivity index (χ4v) is 2.65. The van der Waals surface area contributed by atoms with E-state index in [0.29, 0.717) is 5.56 Å². The zero-order valence-electron chi connectivity index (χ0n) is 13.2. The van der Waals surface area contributed by atoms with Gasteiger partial charge in [-0.25, -0.2) is 4.79 Å². The second kappa shape index (κ2) is 6.91. The van der Waals surface area contributed by atoms with E-state index in [1.807, 2.05) is 19.1 Å². The molecule has 1 N–H and O–H groups in total. The summed E-state index contributed by atoms with van der Waals surface area (Å²) in [5, 5.41) is 9.38. The minimum Gasteiger partial charge on any atom is -0.478 e. The summed E-state index contributed by atoms with van der Waals surface area (Å²) in [6.07, 6.45) is 0. The molecule has 116 valence electrons. The number of likely N-dealkylation sites (N-methyl/N-ethyl adjacent to an activating group) is 1. The number of aryl methyl sites for hydroxylation is 1. The van der Waals surface area contributed by atoms with Crippen molar-refractivity contribution in [2.75, 3.05) is 58.3 Å². The van der Waals surface area contributed by atoms with Crippen molar-refractivity contribution >= 4 is 11.7 Å². The normalized spacial score (nSPS) is 16.5. The summed E-state index contributed by atoms with van der Waals surface area (Å²) in [4.78, 5) is 18.2. The molecule has 0 aromatic heterocycles. The van der Waals surface area contributed by atoms with Crippen LogP contribution in [0.3, 0.4) is 0 Å². The summed E-state index contributed by atoms with van der Waals surface area (Å²) in [7, 11) is 4.17. The quantitative estimate of drug-likeness (QED) is 0.888. The summed E-state index contributed by atoms with van der Waals surface area (Å²) in [5.74, 6) is -0.844. The number of hydrogen-bond donors (Lipinski definition) is 1. The van der Waals surface area contributed by atoms with Crippen LogP contribution in [0.15, 0.2) is 18.2 Å². The van der Waals surface area contributed by atoms with Crippen molar-refractivity contribution in [1.29, 1.82) is 0 Å². The van der Waals surface area contributed by atoms with E-state index < -0.39 is 5.97 Å². The number of carboxylic acids is 1. The first-order chi connectivity index (χ1) is 9.97. The predicted molar refractivity (Wildman–Crippen MR) is 85.3 cm³/mol. The Kier molecular flexibility index (Phi) is 5.20. The maximum atomic E-state index is 11.4. The van der Waals surface area contributed by atoms with Crippen molar-refractivity contribution < 1.29 is 9.90 Å². The first-order valence-electron chi connectivity index (χ1n) is 7.43. The fraction of sp³-hybridized carbons (Fsp3) is 0.562. The van der Waals surface area contributed by atoms with Crippen LogP contribution in [-0.2, 0) is 0 Å². The average molecular weight is 291 g/mol. The van der Waals surface area contributed by atoms with Gasteiger partial charge >= 0.3 is 5.97 Å². The SMILES string of the molecule is Cc1ccc(N2CCN(CCN(C)C)CC2)c(C(=O)O)c1. The van der Waals surface area contributed by atoms with Crippen LogP contribution in [0.2, 0.25) is 0 Å². The van der Waals surface area contributed by atoms with E-state index in [9.17, 15) is 9.90 Å². The zero-order chi connectivity index (χ0) is 15.4. The molecule has 1 aliphatic heterocycles. The number of anilines is 1. The number of aromatic carboxylic acids is 1. The highest BCUT2D eigenvalue weighted by Gasteiger charge is 2.21. The van der Waals surface area contributed by atoms with Crippen molar-refractivity contribution in [3.05, 3.63) is 29.3 Å². The van der Waals surface area contributed by atoms with Crippen LogP contribution in [0.1, 0.15) is 15.9 Å². The first-order valence-corrected chi connectivity index (χ1v) is 7.43. The Morgan fingerprint density at radius 2 is 1.90 bits per heavy atom. The lowest BCUT2D eigenvalue weighted by Gasteiger charge is -2.37. The second-order valence-corrected chi connectivity index (χ2v) is 5.96. The van der Waals surface area contributed by atoms with Gasteiger partial charge < -0.3 is 14.9 Å². The van der Waals surface area contributed by atoms with Gasteiger partial charge in [0.25, 0.3) is 0 Å². The predicted octanol–water partition coefficient (Wildman–Crippen LogP) is 1.38. The van der Waals surface area contributed by atoms with Gasteiger partial charge in [-0.05, 0) is 33.2 Å². The van der Waals surface area contributed by atoms with Crippen LogP contribution < -0.4 is 4.90 Å². The molecule has 1 saturated heterocycles. The number of piperazine rings is 1. The number of nitrogens with zero attached hydrogens (tertiary/aromatic N) is 3.